The number of hydrogen-bond acceptors (Lipinski definition) is 7. The second kappa shape index (κ2) is 12.4. The first-order chi connectivity index (χ1) is 12.7. The zero-order chi connectivity index (χ0) is 22.1. The Balaban J connectivity index is 4.51. The summed E-state index contributed by atoms with van der Waals surface area (Å²) in [6.07, 6.45) is -0.388. The van der Waals surface area contributed by atoms with Gasteiger partial charge in [-0.1, -0.05) is 9.24 Å². The summed E-state index contributed by atoms with van der Waals surface area (Å²) in [6.45, 7) is 14.6. The first-order valence-electron chi connectivity index (χ1n) is 9.51. The van der Waals surface area contributed by atoms with Crippen molar-refractivity contribution in [1.82, 2.24) is 0 Å². The summed E-state index contributed by atoms with van der Waals surface area (Å²) < 4.78 is 27.3. The van der Waals surface area contributed by atoms with Crippen molar-refractivity contribution in [2.45, 2.75) is 84.9 Å². The predicted molar refractivity (Wildman–Crippen MR) is 115 cm³/mol. The molecule has 166 valence electrons. The highest BCUT2D eigenvalue weighted by atomic mass is 31.0. The Morgan fingerprint density at radius 3 is 1.79 bits per heavy atom. The molecular formula is C19H38O7P2. The lowest BCUT2D eigenvalue weighted by Gasteiger charge is -2.29. The molecule has 0 radical (unpaired) electrons. The van der Waals surface area contributed by atoms with Crippen molar-refractivity contribution in [2.24, 2.45) is 5.41 Å². The van der Waals surface area contributed by atoms with Crippen LogP contribution in [-0.2, 0) is 33.3 Å². The van der Waals surface area contributed by atoms with Gasteiger partial charge in [-0.05, 0) is 55.4 Å². The van der Waals surface area contributed by atoms with Crippen LogP contribution in [0.25, 0.3) is 0 Å². The third kappa shape index (κ3) is 11.6. The van der Waals surface area contributed by atoms with Crippen molar-refractivity contribution in [3.05, 3.63) is 0 Å². The number of ether oxygens (including phenoxy) is 5. The SMILES string of the molecule is CC(C)OC(C)COC(=O)C(C)(P)OCC(C)(C)C(=O)OCC(C)OC(C)P. The van der Waals surface area contributed by atoms with Crippen LogP contribution in [0.15, 0.2) is 0 Å². The molecule has 0 rings (SSSR count). The highest BCUT2D eigenvalue weighted by Crippen LogP contribution is 2.27. The van der Waals surface area contributed by atoms with Crippen LogP contribution in [0.4, 0.5) is 0 Å². The third-order valence-electron chi connectivity index (χ3n) is 3.54. The number of carbonyl (C=O) groups excluding carboxylic acids is 2. The monoisotopic (exact) mass is 440 g/mol. The molecule has 0 saturated carbocycles. The molecule has 9 heteroatoms. The van der Waals surface area contributed by atoms with Gasteiger partial charge in [0.2, 0.25) is 0 Å². The van der Waals surface area contributed by atoms with Gasteiger partial charge in [-0.2, -0.15) is 0 Å². The highest BCUT2D eigenvalue weighted by Gasteiger charge is 2.37. The molecule has 0 aromatic heterocycles. The number of esters is 2. The average molecular weight is 440 g/mol. The number of rotatable bonds is 13. The van der Waals surface area contributed by atoms with Crippen molar-refractivity contribution >= 4 is 30.4 Å². The standard InChI is InChI=1S/C19H38O7P2/c1-12(2)25-13(3)9-23-17(21)19(8,28)24-11-18(6,7)16(20)22-10-14(4)26-15(5)27/h12-15H,9-11,27-28H2,1-8H3. The van der Waals surface area contributed by atoms with E-state index in [1.807, 2.05) is 34.6 Å². The molecule has 7 nitrogen and oxygen atoms in total. The van der Waals surface area contributed by atoms with Crippen molar-refractivity contribution in [1.29, 1.82) is 0 Å². The molecule has 6 atom stereocenters. The lowest BCUT2D eigenvalue weighted by molar-refractivity contribution is -0.173. The normalized spacial score (nSPS) is 17.5. The molecule has 0 aliphatic rings. The van der Waals surface area contributed by atoms with E-state index in [4.69, 9.17) is 23.7 Å². The molecule has 0 spiro atoms. The Kier molecular flexibility index (Phi) is 12.3. The van der Waals surface area contributed by atoms with Crippen molar-refractivity contribution in [3.8, 4) is 0 Å². The summed E-state index contributed by atoms with van der Waals surface area (Å²) in [5, 5.41) is -1.28. The Morgan fingerprint density at radius 1 is 0.857 bits per heavy atom. The fraction of sp³-hybridized carbons (Fsp3) is 0.895. The Hall–Kier alpha value is -0.320. The van der Waals surface area contributed by atoms with E-state index in [2.05, 4.69) is 18.5 Å². The molecule has 6 unspecified atom stereocenters. The molecule has 0 fully saturated rings. The minimum absolute atomic E-state index is 0.00570. The Labute approximate surface area is 174 Å². The largest absolute Gasteiger partial charge is 0.462 e. The third-order valence-corrected chi connectivity index (χ3v) is 4.10. The van der Waals surface area contributed by atoms with E-state index >= 15 is 0 Å². The molecule has 0 aliphatic heterocycles. The van der Waals surface area contributed by atoms with Gasteiger partial charge in [0.15, 0.2) is 5.34 Å². The van der Waals surface area contributed by atoms with Gasteiger partial charge < -0.3 is 23.7 Å². The fourth-order valence-corrected chi connectivity index (χ4v) is 2.52. The Morgan fingerprint density at radius 2 is 1.32 bits per heavy atom. The van der Waals surface area contributed by atoms with Crippen molar-refractivity contribution in [3.63, 3.8) is 0 Å². The van der Waals surface area contributed by atoms with Crippen LogP contribution < -0.4 is 0 Å². The van der Waals surface area contributed by atoms with Crippen LogP contribution in [0, 0.1) is 5.41 Å². The zero-order valence-electron chi connectivity index (χ0n) is 18.4. The fourth-order valence-electron chi connectivity index (χ4n) is 2.08. The average Bonchev–Trinajstić information content (AvgIpc) is 2.54. The molecule has 0 bridgehead atoms. The second-order valence-corrected chi connectivity index (χ2v) is 10.2. The summed E-state index contributed by atoms with van der Waals surface area (Å²) >= 11 is 0. The van der Waals surface area contributed by atoms with Crippen LogP contribution in [0.1, 0.15) is 55.4 Å². The van der Waals surface area contributed by atoms with E-state index in [0.717, 1.165) is 0 Å². The number of carbonyl (C=O) groups is 2. The maximum atomic E-state index is 12.4. The van der Waals surface area contributed by atoms with Crippen LogP contribution in [0.2, 0.25) is 0 Å². The molecule has 28 heavy (non-hydrogen) atoms. The minimum Gasteiger partial charge on any atom is -0.462 e. The van der Waals surface area contributed by atoms with E-state index < -0.39 is 22.7 Å². The van der Waals surface area contributed by atoms with Crippen LogP contribution >= 0.6 is 18.5 Å². The molecule has 0 amide bonds. The summed E-state index contributed by atoms with van der Waals surface area (Å²) in [6, 6.07) is 0. The quantitative estimate of drug-likeness (QED) is 0.322. The van der Waals surface area contributed by atoms with Gasteiger partial charge in [-0.3, -0.25) is 4.79 Å². The molecule has 0 aliphatic carbocycles. The van der Waals surface area contributed by atoms with E-state index in [1.165, 1.54) is 0 Å². The maximum absolute atomic E-state index is 12.4. The van der Waals surface area contributed by atoms with Crippen molar-refractivity contribution in [2.75, 3.05) is 19.8 Å². The molecule has 0 heterocycles. The Bertz CT molecular complexity index is 449. The van der Waals surface area contributed by atoms with Gasteiger partial charge in [-0.15, -0.1) is 9.24 Å². The van der Waals surface area contributed by atoms with Gasteiger partial charge in [0.25, 0.3) is 0 Å². The predicted octanol–water partition coefficient (Wildman–Crippen LogP) is 3.15. The van der Waals surface area contributed by atoms with Crippen LogP contribution in [-0.4, -0.2) is 61.3 Å². The van der Waals surface area contributed by atoms with Gasteiger partial charge in [-0.25, -0.2) is 4.79 Å². The topological polar surface area (TPSA) is 80.3 Å². The maximum Gasteiger partial charge on any atom is 0.342 e. The van der Waals surface area contributed by atoms with E-state index in [0.29, 0.717) is 0 Å². The van der Waals surface area contributed by atoms with E-state index in [1.54, 1.807) is 20.8 Å². The second-order valence-electron chi connectivity index (χ2n) is 8.12. The van der Waals surface area contributed by atoms with Crippen LogP contribution in [0.3, 0.4) is 0 Å². The van der Waals surface area contributed by atoms with Crippen LogP contribution in [0.5, 0.6) is 0 Å². The summed E-state index contributed by atoms with van der Waals surface area (Å²) in [7, 11) is 4.85. The van der Waals surface area contributed by atoms with Gasteiger partial charge in [0.1, 0.15) is 13.2 Å². The van der Waals surface area contributed by atoms with E-state index in [-0.39, 0.29) is 44.0 Å². The summed E-state index contributed by atoms with van der Waals surface area (Å²) in [5.74, 6) is -0.993. The molecule has 0 aromatic carbocycles. The minimum atomic E-state index is -1.28. The molecule has 0 N–H and O–H groups in total. The van der Waals surface area contributed by atoms with Crippen molar-refractivity contribution < 1.29 is 33.3 Å². The number of hydrogen-bond donors (Lipinski definition) is 0. The molecular weight excluding hydrogens is 402 g/mol. The molecule has 0 saturated heterocycles. The van der Waals surface area contributed by atoms with Gasteiger partial charge in [0, 0.05) is 0 Å². The van der Waals surface area contributed by atoms with Gasteiger partial charge >= 0.3 is 11.9 Å². The first-order valence-corrected chi connectivity index (χ1v) is 10.8. The molecule has 0 aromatic rings. The first kappa shape index (κ1) is 27.7. The summed E-state index contributed by atoms with van der Waals surface area (Å²) in [4.78, 5) is 24.7. The van der Waals surface area contributed by atoms with E-state index in [9.17, 15) is 9.59 Å². The zero-order valence-corrected chi connectivity index (χ0v) is 20.8. The lowest BCUT2D eigenvalue weighted by atomic mass is 9.95. The highest BCUT2D eigenvalue weighted by molar-refractivity contribution is 7.20. The van der Waals surface area contributed by atoms with Gasteiger partial charge in [0.05, 0.1) is 36.2 Å². The lowest BCUT2D eigenvalue weighted by Crippen LogP contribution is -2.41. The summed E-state index contributed by atoms with van der Waals surface area (Å²) in [5.41, 5.74) is -0.932. The smallest absolute Gasteiger partial charge is 0.342 e.